The van der Waals surface area contributed by atoms with Crippen molar-refractivity contribution in [2.45, 2.75) is 0 Å². The third-order valence-corrected chi connectivity index (χ3v) is 3.69. The van der Waals surface area contributed by atoms with Gasteiger partial charge < -0.3 is 14.8 Å². The lowest BCUT2D eigenvalue weighted by molar-refractivity contribution is -0.384. The lowest BCUT2D eigenvalue weighted by Gasteiger charge is -2.10. The number of nitro benzene ring substituents is 1. The number of benzene rings is 3. The van der Waals surface area contributed by atoms with E-state index in [1.54, 1.807) is 48.5 Å². The van der Waals surface area contributed by atoms with Crippen molar-refractivity contribution in [2.24, 2.45) is 0 Å². The van der Waals surface area contributed by atoms with E-state index in [4.69, 9.17) is 9.47 Å². The van der Waals surface area contributed by atoms with Gasteiger partial charge in [-0.3, -0.25) is 14.9 Å². The topological polar surface area (TPSA) is 90.7 Å². The molecule has 1 N–H and O–H groups in total. The Hall–Kier alpha value is -3.87. The first-order valence-electron chi connectivity index (χ1n) is 8.03. The molecule has 136 valence electrons. The number of methoxy groups -OCH3 is 1. The molecule has 3 aromatic carbocycles. The number of nitrogens with one attached hydrogen (secondary N) is 1. The second kappa shape index (κ2) is 8.01. The van der Waals surface area contributed by atoms with Gasteiger partial charge in [-0.05, 0) is 36.4 Å². The standard InChI is InChI=1S/C20H16N2O5/c1-26-17-9-7-14(8-10-17)20(23)21-15-11-16(22(24)25)13-19(12-15)27-18-5-3-2-4-6-18/h2-13H,1H3,(H,21,23). The van der Waals surface area contributed by atoms with Gasteiger partial charge in [0.1, 0.15) is 17.2 Å². The fraction of sp³-hybridized carbons (Fsp3) is 0.0500. The molecule has 7 heteroatoms. The van der Waals surface area contributed by atoms with Crippen LogP contribution in [0.3, 0.4) is 0 Å². The van der Waals surface area contributed by atoms with Crippen LogP contribution in [0.25, 0.3) is 0 Å². The van der Waals surface area contributed by atoms with Gasteiger partial charge in [0.2, 0.25) is 0 Å². The van der Waals surface area contributed by atoms with Gasteiger partial charge in [0.25, 0.3) is 11.6 Å². The van der Waals surface area contributed by atoms with E-state index in [0.717, 1.165) is 0 Å². The summed E-state index contributed by atoms with van der Waals surface area (Å²) in [6, 6.07) is 19.5. The number of amides is 1. The second-order valence-corrected chi connectivity index (χ2v) is 5.57. The third-order valence-electron chi connectivity index (χ3n) is 3.69. The summed E-state index contributed by atoms with van der Waals surface area (Å²) >= 11 is 0. The monoisotopic (exact) mass is 364 g/mol. The van der Waals surface area contributed by atoms with Crippen LogP contribution < -0.4 is 14.8 Å². The van der Waals surface area contributed by atoms with Crippen molar-refractivity contribution in [3.63, 3.8) is 0 Å². The van der Waals surface area contributed by atoms with E-state index < -0.39 is 10.8 Å². The molecule has 0 spiro atoms. The molecule has 1 amide bonds. The van der Waals surface area contributed by atoms with Crippen molar-refractivity contribution in [2.75, 3.05) is 12.4 Å². The van der Waals surface area contributed by atoms with Gasteiger partial charge in [0.15, 0.2) is 0 Å². The number of hydrogen-bond acceptors (Lipinski definition) is 5. The number of para-hydroxylation sites is 1. The summed E-state index contributed by atoms with van der Waals surface area (Å²) in [5, 5.41) is 13.9. The molecule has 0 unspecified atom stereocenters. The van der Waals surface area contributed by atoms with Crippen LogP contribution in [0.4, 0.5) is 11.4 Å². The third kappa shape index (κ3) is 4.60. The average Bonchev–Trinajstić information content (AvgIpc) is 2.68. The van der Waals surface area contributed by atoms with Crippen molar-refractivity contribution in [1.82, 2.24) is 0 Å². The number of nitro groups is 1. The maximum Gasteiger partial charge on any atom is 0.275 e. The largest absolute Gasteiger partial charge is 0.497 e. The first-order chi connectivity index (χ1) is 13.0. The van der Waals surface area contributed by atoms with Crippen molar-refractivity contribution in [3.8, 4) is 17.2 Å². The lowest BCUT2D eigenvalue weighted by atomic mass is 10.2. The van der Waals surface area contributed by atoms with E-state index >= 15 is 0 Å². The van der Waals surface area contributed by atoms with E-state index in [-0.39, 0.29) is 17.1 Å². The zero-order chi connectivity index (χ0) is 19.2. The summed E-state index contributed by atoms with van der Waals surface area (Å²) in [6.07, 6.45) is 0. The van der Waals surface area contributed by atoms with Crippen LogP contribution in [-0.2, 0) is 0 Å². The van der Waals surface area contributed by atoms with E-state index in [2.05, 4.69) is 5.32 Å². The molecule has 7 nitrogen and oxygen atoms in total. The van der Waals surface area contributed by atoms with Crippen molar-refractivity contribution < 1.29 is 19.2 Å². The summed E-state index contributed by atoms with van der Waals surface area (Å²) in [4.78, 5) is 23.1. The predicted molar refractivity (Wildman–Crippen MR) is 101 cm³/mol. The predicted octanol–water partition coefficient (Wildman–Crippen LogP) is 4.65. The smallest absolute Gasteiger partial charge is 0.275 e. The van der Waals surface area contributed by atoms with Gasteiger partial charge in [-0.15, -0.1) is 0 Å². The van der Waals surface area contributed by atoms with Crippen LogP contribution in [0.5, 0.6) is 17.2 Å². The Morgan fingerprint density at radius 2 is 1.63 bits per heavy atom. The summed E-state index contributed by atoms with van der Waals surface area (Å²) in [5.74, 6) is 1.01. The zero-order valence-corrected chi connectivity index (χ0v) is 14.4. The van der Waals surface area contributed by atoms with E-state index in [1.807, 2.05) is 6.07 Å². The molecule has 27 heavy (non-hydrogen) atoms. The van der Waals surface area contributed by atoms with Crippen LogP contribution in [0.1, 0.15) is 10.4 Å². The highest BCUT2D eigenvalue weighted by atomic mass is 16.6. The number of anilines is 1. The Kier molecular flexibility index (Phi) is 5.32. The van der Waals surface area contributed by atoms with E-state index in [1.165, 1.54) is 25.3 Å². The first kappa shape index (κ1) is 17.9. The molecule has 0 fully saturated rings. The highest BCUT2D eigenvalue weighted by Gasteiger charge is 2.14. The molecule has 0 bridgehead atoms. The fourth-order valence-corrected chi connectivity index (χ4v) is 2.39. The number of rotatable bonds is 6. The summed E-state index contributed by atoms with van der Waals surface area (Å²) < 4.78 is 10.7. The van der Waals surface area contributed by atoms with E-state index in [9.17, 15) is 14.9 Å². The van der Waals surface area contributed by atoms with Crippen molar-refractivity contribution in [3.05, 3.63) is 88.5 Å². The molecule has 0 aliphatic rings. The Labute approximate surface area is 155 Å². The van der Waals surface area contributed by atoms with E-state index in [0.29, 0.717) is 17.1 Å². The molecule has 3 rings (SSSR count). The Balaban J connectivity index is 1.84. The average molecular weight is 364 g/mol. The van der Waals surface area contributed by atoms with Crippen LogP contribution in [0.15, 0.2) is 72.8 Å². The second-order valence-electron chi connectivity index (χ2n) is 5.57. The summed E-state index contributed by atoms with van der Waals surface area (Å²) in [5.41, 5.74) is 0.470. The number of carbonyl (C=O) groups is 1. The molecule has 0 heterocycles. The van der Waals surface area contributed by atoms with Gasteiger partial charge in [-0.2, -0.15) is 0 Å². The summed E-state index contributed by atoms with van der Waals surface area (Å²) in [6.45, 7) is 0. The van der Waals surface area contributed by atoms with Crippen LogP contribution in [-0.4, -0.2) is 17.9 Å². The minimum atomic E-state index is -0.541. The molecular weight excluding hydrogens is 348 g/mol. The van der Waals surface area contributed by atoms with Gasteiger partial charge in [-0.1, -0.05) is 18.2 Å². The number of non-ortho nitro benzene ring substituents is 1. The van der Waals surface area contributed by atoms with Crippen LogP contribution in [0.2, 0.25) is 0 Å². The molecule has 0 saturated heterocycles. The quantitative estimate of drug-likeness (QED) is 0.508. The summed E-state index contributed by atoms with van der Waals surface area (Å²) in [7, 11) is 1.53. The first-order valence-corrected chi connectivity index (χ1v) is 8.03. The Morgan fingerprint density at radius 1 is 0.926 bits per heavy atom. The number of hydrogen-bond donors (Lipinski definition) is 1. The van der Waals surface area contributed by atoms with Crippen LogP contribution in [0, 0.1) is 10.1 Å². The Morgan fingerprint density at radius 3 is 2.26 bits per heavy atom. The molecule has 0 atom stereocenters. The molecule has 0 radical (unpaired) electrons. The SMILES string of the molecule is COc1ccc(C(=O)Nc2cc(Oc3ccccc3)cc([N+](=O)[O-])c2)cc1. The number of ether oxygens (including phenoxy) is 2. The molecule has 0 aromatic heterocycles. The maximum atomic E-state index is 12.4. The number of nitrogens with zero attached hydrogens (tertiary/aromatic N) is 1. The molecule has 0 aliphatic carbocycles. The van der Waals surface area contributed by atoms with Crippen molar-refractivity contribution >= 4 is 17.3 Å². The minimum absolute atomic E-state index is 0.187. The number of carbonyl (C=O) groups excluding carboxylic acids is 1. The Bertz CT molecular complexity index is 956. The highest BCUT2D eigenvalue weighted by Crippen LogP contribution is 2.30. The molecule has 0 aliphatic heterocycles. The molecule has 3 aromatic rings. The normalized spacial score (nSPS) is 10.1. The van der Waals surface area contributed by atoms with Gasteiger partial charge in [-0.25, -0.2) is 0 Å². The van der Waals surface area contributed by atoms with Crippen LogP contribution >= 0.6 is 0 Å². The molecular formula is C20H16N2O5. The molecule has 0 saturated carbocycles. The van der Waals surface area contributed by atoms with Gasteiger partial charge in [0.05, 0.1) is 23.8 Å². The zero-order valence-electron chi connectivity index (χ0n) is 14.4. The maximum absolute atomic E-state index is 12.4. The fourth-order valence-electron chi connectivity index (χ4n) is 2.39. The lowest BCUT2D eigenvalue weighted by Crippen LogP contribution is -2.12. The minimum Gasteiger partial charge on any atom is -0.497 e. The van der Waals surface area contributed by atoms with Crippen molar-refractivity contribution in [1.29, 1.82) is 0 Å². The van der Waals surface area contributed by atoms with Gasteiger partial charge >= 0.3 is 0 Å². The van der Waals surface area contributed by atoms with Gasteiger partial charge in [0, 0.05) is 17.7 Å². The highest BCUT2D eigenvalue weighted by molar-refractivity contribution is 6.04.